The average Bonchev–Trinajstić information content (AvgIpc) is 3.22. The summed E-state index contributed by atoms with van der Waals surface area (Å²) in [7, 11) is 0. The predicted molar refractivity (Wildman–Crippen MR) is 90.1 cm³/mol. The van der Waals surface area contributed by atoms with Gasteiger partial charge in [-0.15, -0.1) is 11.3 Å². The fourth-order valence-electron chi connectivity index (χ4n) is 2.83. The second-order valence-corrected chi connectivity index (χ2v) is 6.93. The highest BCUT2D eigenvalue weighted by molar-refractivity contribution is 7.13. The van der Waals surface area contributed by atoms with Gasteiger partial charge < -0.3 is 10.4 Å². The maximum absolute atomic E-state index is 11.9. The summed E-state index contributed by atoms with van der Waals surface area (Å²) < 4.78 is 0. The summed E-state index contributed by atoms with van der Waals surface area (Å²) in [5.74, 6) is -0.0299. The van der Waals surface area contributed by atoms with Crippen LogP contribution in [0.25, 0.3) is 10.7 Å². The van der Waals surface area contributed by atoms with Crippen LogP contribution in [0.1, 0.15) is 37.8 Å². The van der Waals surface area contributed by atoms with Crippen LogP contribution >= 0.6 is 11.3 Å². The zero-order valence-electron chi connectivity index (χ0n) is 13.0. The molecular weight excluding hydrogens is 310 g/mol. The van der Waals surface area contributed by atoms with Crippen molar-refractivity contribution in [1.82, 2.24) is 15.3 Å². The van der Waals surface area contributed by atoms with Crippen molar-refractivity contribution in [2.24, 2.45) is 0 Å². The minimum atomic E-state index is -0.692. The molecule has 2 aromatic rings. The fourth-order valence-corrected chi connectivity index (χ4v) is 3.66. The third-order valence-corrected chi connectivity index (χ3v) is 5.11. The molecule has 0 atom stereocenters. The number of amides is 1. The Labute approximate surface area is 139 Å². The third kappa shape index (κ3) is 4.36. The van der Waals surface area contributed by atoms with Crippen molar-refractivity contribution in [1.29, 1.82) is 0 Å². The molecule has 0 aliphatic heterocycles. The number of aromatic nitrogens is 2. The van der Waals surface area contributed by atoms with Crippen LogP contribution in [0.3, 0.4) is 0 Å². The molecule has 1 amide bonds. The predicted octanol–water partition coefficient (Wildman–Crippen LogP) is 2.56. The van der Waals surface area contributed by atoms with Gasteiger partial charge in [0.2, 0.25) is 5.91 Å². The van der Waals surface area contributed by atoms with E-state index in [9.17, 15) is 9.90 Å². The van der Waals surface area contributed by atoms with Crippen molar-refractivity contribution in [3.05, 3.63) is 35.5 Å². The monoisotopic (exact) mass is 331 g/mol. The Morgan fingerprint density at radius 1 is 1.35 bits per heavy atom. The molecule has 2 heterocycles. The molecule has 0 aromatic carbocycles. The van der Waals surface area contributed by atoms with Crippen LogP contribution < -0.4 is 5.32 Å². The number of nitrogens with one attached hydrogen (secondary N) is 1. The topological polar surface area (TPSA) is 75.1 Å². The minimum Gasteiger partial charge on any atom is -0.388 e. The second kappa shape index (κ2) is 7.19. The highest BCUT2D eigenvalue weighted by atomic mass is 32.1. The second-order valence-electron chi connectivity index (χ2n) is 6.07. The molecule has 23 heavy (non-hydrogen) atoms. The molecule has 0 radical (unpaired) electrons. The summed E-state index contributed by atoms with van der Waals surface area (Å²) in [6.07, 6.45) is 6.40. The van der Waals surface area contributed by atoms with Crippen LogP contribution in [-0.2, 0) is 11.2 Å². The molecule has 1 saturated carbocycles. The van der Waals surface area contributed by atoms with E-state index in [-0.39, 0.29) is 5.91 Å². The van der Waals surface area contributed by atoms with Crippen LogP contribution in [-0.4, -0.2) is 33.1 Å². The molecule has 6 heteroatoms. The van der Waals surface area contributed by atoms with Crippen molar-refractivity contribution in [3.63, 3.8) is 0 Å². The van der Waals surface area contributed by atoms with Crippen molar-refractivity contribution < 1.29 is 9.90 Å². The van der Waals surface area contributed by atoms with Crippen LogP contribution in [0.15, 0.2) is 29.8 Å². The lowest BCUT2D eigenvalue weighted by Crippen LogP contribution is -2.40. The van der Waals surface area contributed by atoms with Gasteiger partial charge in [-0.3, -0.25) is 9.78 Å². The molecular formula is C17H21N3O2S. The first-order chi connectivity index (χ1) is 11.1. The molecule has 1 aliphatic carbocycles. The van der Waals surface area contributed by atoms with E-state index in [2.05, 4.69) is 15.3 Å². The number of thiazole rings is 1. The molecule has 1 aliphatic rings. The highest BCUT2D eigenvalue weighted by Crippen LogP contribution is 2.28. The Balaban J connectivity index is 1.47. The van der Waals surface area contributed by atoms with Crippen molar-refractivity contribution >= 4 is 17.2 Å². The first-order valence-corrected chi connectivity index (χ1v) is 8.87. The SMILES string of the molecule is O=C(CCc1csc(-c2ccccn2)n1)NCC1(O)CCCC1. The number of carbonyl (C=O) groups excluding carboxylic acids is 1. The molecule has 0 spiro atoms. The van der Waals surface area contributed by atoms with Crippen molar-refractivity contribution in [3.8, 4) is 10.7 Å². The van der Waals surface area contributed by atoms with E-state index >= 15 is 0 Å². The minimum absolute atomic E-state index is 0.0299. The van der Waals surface area contributed by atoms with Crippen LogP contribution in [0.4, 0.5) is 0 Å². The van der Waals surface area contributed by atoms with Gasteiger partial charge in [0.15, 0.2) is 0 Å². The Morgan fingerprint density at radius 2 is 2.17 bits per heavy atom. The molecule has 122 valence electrons. The summed E-state index contributed by atoms with van der Waals surface area (Å²) in [5.41, 5.74) is 1.07. The van der Waals surface area contributed by atoms with Crippen LogP contribution in [0.2, 0.25) is 0 Å². The quantitative estimate of drug-likeness (QED) is 0.853. The summed E-state index contributed by atoms with van der Waals surface area (Å²) in [4.78, 5) is 20.7. The van der Waals surface area contributed by atoms with Gasteiger partial charge in [0, 0.05) is 24.5 Å². The molecule has 0 unspecified atom stereocenters. The van der Waals surface area contributed by atoms with Gasteiger partial charge in [-0.1, -0.05) is 18.9 Å². The van der Waals surface area contributed by atoms with Crippen LogP contribution in [0.5, 0.6) is 0 Å². The van der Waals surface area contributed by atoms with Crippen molar-refractivity contribution in [2.75, 3.05) is 6.54 Å². The molecule has 2 aromatic heterocycles. The maximum Gasteiger partial charge on any atom is 0.220 e. The number of carbonyl (C=O) groups is 1. The number of nitrogens with zero attached hydrogens (tertiary/aromatic N) is 2. The van der Waals surface area contributed by atoms with E-state index in [1.54, 1.807) is 17.5 Å². The summed E-state index contributed by atoms with van der Waals surface area (Å²) in [5, 5.41) is 15.9. The first kappa shape index (κ1) is 16.1. The molecule has 1 fully saturated rings. The number of pyridine rings is 1. The Hall–Kier alpha value is -1.79. The normalized spacial score (nSPS) is 16.4. The number of rotatable bonds is 6. The van der Waals surface area contributed by atoms with Gasteiger partial charge in [0.05, 0.1) is 17.0 Å². The highest BCUT2D eigenvalue weighted by Gasteiger charge is 2.31. The maximum atomic E-state index is 11.9. The Bertz CT molecular complexity index is 651. The molecule has 0 saturated heterocycles. The van der Waals surface area contributed by atoms with E-state index < -0.39 is 5.60 Å². The van der Waals surface area contributed by atoms with Gasteiger partial charge in [-0.05, 0) is 31.4 Å². The zero-order valence-corrected chi connectivity index (χ0v) is 13.8. The number of aliphatic hydroxyl groups is 1. The zero-order chi connectivity index (χ0) is 16.1. The van der Waals surface area contributed by atoms with E-state index in [0.717, 1.165) is 42.1 Å². The smallest absolute Gasteiger partial charge is 0.220 e. The van der Waals surface area contributed by atoms with E-state index in [1.165, 1.54) is 0 Å². The average molecular weight is 331 g/mol. The molecule has 0 bridgehead atoms. The fraction of sp³-hybridized carbons (Fsp3) is 0.471. The molecule has 3 rings (SSSR count). The molecule has 5 nitrogen and oxygen atoms in total. The summed E-state index contributed by atoms with van der Waals surface area (Å²) in [6.45, 7) is 0.363. The summed E-state index contributed by atoms with van der Waals surface area (Å²) in [6, 6.07) is 5.74. The van der Waals surface area contributed by atoms with Gasteiger partial charge in [-0.2, -0.15) is 0 Å². The Kier molecular flexibility index (Phi) is 5.03. The van der Waals surface area contributed by atoms with E-state index in [1.807, 2.05) is 23.6 Å². The lowest BCUT2D eigenvalue weighted by molar-refractivity contribution is -0.122. The van der Waals surface area contributed by atoms with E-state index in [4.69, 9.17) is 0 Å². The number of aryl methyl sites for hydroxylation is 1. The number of hydrogen-bond donors (Lipinski definition) is 2. The molecule has 2 N–H and O–H groups in total. The van der Waals surface area contributed by atoms with Gasteiger partial charge >= 0.3 is 0 Å². The number of hydrogen-bond acceptors (Lipinski definition) is 5. The van der Waals surface area contributed by atoms with E-state index in [0.29, 0.717) is 19.4 Å². The largest absolute Gasteiger partial charge is 0.388 e. The first-order valence-electron chi connectivity index (χ1n) is 8.00. The Morgan fingerprint density at radius 3 is 2.91 bits per heavy atom. The third-order valence-electron chi connectivity index (χ3n) is 4.19. The van der Waals surface area contributed by atoms with Crippen molar-refractivity contribution in [2.45, 2.75) is 44.1 Å². The standard InChI is InChI=1S/C17H21N3O2S/c21-15(19-12-17(22)8-2-3-9-17)7-6-13-11-23-16(20-13)14-5-1-4-10-18-14/h1,4-5,10-11,22H,2-3,6-9,12H2,(H,19,21). The summed E-state index contributed by atoms with van der Waals surface area (Å²) >= 11 is 1.54. The van der Waals surface area contributed by atoms with Gasteiger partial charge in [-0.25, -0.2) is 4.98 Å². The lowest BCUT2D eigenvalue weighted by Gasteiger charge is -2.22. The van der Waals surface area contributed by atoms with Gasteiger partial charge in [0.25, 0.3) is 0 Å². The lowest BCUT2D eigenvalue weighted by atomic mass is 10.0. The van der Waals surface area contributed by atoms with Crippen LogP contribution in [0, 0.1) is 0 Å². The van der Waals surface area contributed by atoms with Gasteiger partial charge in [0.1, 0.15) is 5.01 Å².